The van der Waals surface area contributed by atoms with Crippen LogP contribution in [0, 0.1) is 5.92 Å². The van der Waals surface area contributed by atoms with Crippen molar-refractivity contribution in [1.82, 2.24) is 20.9 Å². The summed E-state index contributed by atoms with van der Waals surface area (Å²) < 4.78 is 10.9. The van der Waals surface area contributed by atoms with E-state index in [0.717, 1.165) is 43.5 Å². The Balaban J connectivity index is 1.69. The molecule has 3 atom stereocenters. The number of benzene rings is 2. The van der Waals surface area contributed by atoms with E-state index in [9.17, 15) is 24.0 Å². The summed E-state index contributed by atoms with van der Waals surface area (Å²) in [6.45, 7) is 6.39. The minimum Gasteiger partial charge on any atom is -0.462 e. The third-order valence-corrected chi connectivity index (χ3v) is 7.64. The lowest BCUT2D eigenvalue weighted by molar-refractivity contribution is -0.155. The highest BCUT2D eigenvalue weighted by Crippen LogP contribution is 2.11. The molecule has 0 unspecified atom stereocenters. The molecule has 0 bridgehead atoms. The number of hydrogen-bond acceptors (Lipinski definition) is 8. The topological polar surface area (TPSA) is 143 Å². The maximum absolute atomic E-state index is 13.6. The van der Waals surface area contributed by atoms with Crippen LogP contribution < -0.4 is 16.0 Å². The van der Waals surface area contributed by atoms with Crippen LogP contribution in [0.4, 0.5) is 0 Å². The predicted molar refractivity (Wildman–Crippen MR) is 173 cm³/mol. The standard InChI is InChI=1S/C35H48N4O7/c1-25(2)21-30(37-33(42)29(36-26(3)40)18-17-27-13-7-4-8-14-27)34(43)38-31(35(44)46-23-28-15-9-5-10-16-28)24-45-32(41)22-39-19-11-6-12-20-39/h4-5,7-10,13-16,25,29-31H,6,11-12,17-24H2,1-3H3,(H,36,40)(H,37,42)(H,38,43)/t29-,30-,31-/m0/s1. The molecule has 0 spiro atoms. The third kappa shape index (κ3) is 13.4. The fraction of sp³-hybridized carbons (Fsp3) is 0.514. The first-order valence-electron chi connectivity index (χ1n) is 16.1. The largest absolute Gasteiger partial charge is 0.462 e. The van der Waals surface area contributed by atoms with Crippen molar-refractivity contribution >= 4 is 29.7 Å². The van der Waals surface area contributed by atoms with Gasteiger partial charge in [-0.15, -0.1) is 0 Å². The van der Waals surface area contributed by atoms with Gasteiger partial charge in [0.2, 0.25) is 17.7 Å². The Morgan fingerprint density at radius 3 is 1.93 bits per heavy atom. The van der Waals surface area contributed by atoms with Crippen molar-refractivity contribution in [2.24, 2.45) is 5.92 Å². The van der Waals surface area contributed by atoms with Gasteiger partial charge >= 0.3 is 11.9 Å². The molecule has 0 aliphatic carbocycles. The molecule has 0 aromatic heterocycles. The van der Waals surface area contributed by atoms with E-state index in [1.807, 2.05) is 67.3 Å². The molecule has 11 nitrogen and oxygen atoms in total. The maximum atomic E-state index is 13.6. The Hall–Kier alpha value is -4.25. The van der Waals surface area contributed by atoms with Gasteiger partial charge in [0, 0.05) is 6.92 Å². The van der Waals surface area contributed by atoms with Crippen molar-refractivity contribution in [3.63, 3.8) is 0 Å². The molecule has 0 radical (unpaired) electrons. The highest BCUT2D eigenvalue weighted by molar-refractivity contribution is 5.93. The lowest BCUT2D eigenvalue weighted by Gasteiger charge is -2.27. The first-order valence-corrected chi connectivity index (χ1v) is 16.1. The van der Waals surface area contributed by atoms with Gasteiger partial charge in [0.15, 0.2) is 6.04 Å². The van der Waals surface area contributed by atoms with E-state index >= 15 is 0 Å². The number of nitrogens with one attached hydrogen (secondary N) is 3. The monoisotopic (exact) mass is 636 g/mol. The molecule has 1 heterocycles. The normalized spacial score (nSPS) is 15.2. The Labute approximate surface area is 271 Å². The highest BCUT2D eigenvalue weighted by Gasteiger charge is 2.31. The van der Waals surface area contributed by atoms with Gasteiger partial charge in [-0.3, -0.25) is 24.1 Å². The van der Waals surface area contributed by atoms with E-state index < -0.39 is 48.5 Å². The summed E-state index contributed by atoms with van der Waals surface area (Å²) in [5.74, 6) is -2.77. The van der Waals surface area contributed by atoms with Crippen LogP contribution in [-0.2, 0) is 46.5 Å². The molecule has 250 valence electrons. The molecule has 3 N–H and O–H groups in total. The molecule has 1 aliphatic heterocycles. The minimum absolute atomic E-state index is 0.00504. The second kappa shape index (κ2) is 19.3. The number of ether oxygens (including phenoxy) is 2. The second-order valence-electron chi connectivity index (χ2n) is 12.1. The Morgan fingerprint density at radius 2 is 1.33 bits per heavy atom. The van der Waals surface area contributed by atoms with Gasteiger partial charge in [0.25, 0.3) is 0 Å². The molecule has 1 saturated heterocycles. The van der Waals surface area contributed by atoms with Crippen LogP contribution in [0.3, 0.4) is 0 Å². The maximum Gasteiger partial charge on any atom is 0.332 e. The minimum atomic E-state index is -1.29. The Kier molecular flexibility index (Phi) is 15.2. The molecule has 1 aliphatic rings. The first-order chi connectivity index (χ1) is 22.1. The van der Waals surface area contributed by atoms with Gasteiger partial charge in [-0.1, -0.05) is 80.9 Å². The number of amides is 3. The molecule has 11 heteroatoms. The van der Waals surface area contributed by atoms with Crippen molar-refractivity contribution in [3.05, 3.63) is 71.8 Å². The van der Waals surface area contributed by atoms with Crippen molar-refractivity contribution in [3.8, 4) is 0 Å². The number of carbonyl (C=O) groups is 5. The molecule has 1 fully saturated rings. The molecule has 2 aromatic carbocycles. The Bertz CT molecular complexity index is 1270. The van der Waals surface area contributed by atoms with Crippen molar-refractivity contribution < 1.29 is 33.4 Å². The average Bonchev–Trinajstić information content (AvgIpc) is 3.04. The van der Waals surface area contributed by atoms with Crippen molar-refractivity contribution in [1.29, 1.82) is 0 Å². The molecule has 3 rings (SSSR count). The first kappa shape index (κ1) is 36.2. The zero-order valence-corrected chi connectivity index (χ0v) is 27.2. The molecule has 2 aromatic rings. The fourth-order valence-electron chi connectivity index (χ4n) is 5.24. The van der Waals surface area contributed by atoms with Crippen molar-refractivity contribution in [2.75, 3.05) is 26.2 Å². The number of carbonyl (C=O) groups excluding carboxylic acids is 5. The molecular weight excluding hydrogens is 588 g/mol. The van der Waals surface area contributed by atoms with Crippen LogP contribution in [0.15, 0.2) is 60.7 Å². The van der Waals surface area contributed by atoms with Gasteiger partial charge < -0.3 is 25.4 Å². The quantitative estimate of drug-likeness (QED) is 0.225. The van der Waals surface area contributed by atoms with Gasteiger partial charge in [-0.25, -0.2) is 4.79 Å². The third-order valence-electron chi connectivity index (χ3n) is 7.64. The predicted octanol–water partition coefficient (Wildman–Crippen LogP) is 2.91. The summed E-state index contributed by atoms with van der Waals surface area (Å²) in [7, 11) is 0. The fourth-order valence-corrected chi connectivity index (χ4v) is 5.24. The van der Waals surface area contributed by atoms with E-state index in [4.69, 9.17) is 9.47 Å². The summed E-state index contributed by atoms with van der Waals surface area (Å²) in [5, 5.41) is 8.12. The summed E-state index contributed by atoms with van der Waals surface area (Å²) in [6, 6.07) is 15.5. The summed E-state index contributed by atoms with van der Waals surface area (Å²) in [6.07, 6.45) is 4.28. The molecule has 46 heavy (non-hydrogen) atoms. The van der Waals surface area contributed by atoms with Crippen LogP contribution >= 0.6 is 0 Å². The molecule has 0 saturated carbocycles. The van der Waals surface area contributed by atoms with Gasteiger partial charge in [0.1, 0.15) is 25.3 Å². The van der Waals surface area contributed by atoms with E-state index in [1.165, 1.54) is 6.92 Å². The number of likely N-dealkylation sites (tertiary alicyclic amines) is 1. The van der Waals surface area contributed by atoms with E-state index in [-0.39, 0.29) is 31.4 Å². The van der Waals surface area contributed by atoms with Gasteiger partial charge in [-0.2, -0.15) is 0 Å². The number of rotatable bonds is 17. The van der Waals surface area contributed by atoms with Crippen molar-refractivity contribution in [2.45, 2.75) is 84.0 Å². The van der Waals surface area contributed by atoms with Gasteiger partial charge in [-0.05, 0) is 62.2 Å². The highest BCUT2D eigenvalue weighted by atomic mass is 16.6. The van der Waals surface area contributed by atoms with Gasteiger partial charge in [0.05, 0.1) is 6.54 Å². The van der Waals surface area contributed by atoms with Crippen LogP contribution in [-0.4, -0.2) is 78.9 Å². The summed E-state index contributed by atoms with van der Waals surface area (Å²) in [5.41, 5.74) is 1.77. The number of aryl methyl sites for hydroxylation is 1. The second-order valence-corrected chi connectivity index (χ2v) is 12.1. The van der Waals surface area contributed by atoms with E-state index in [2.05, 4.69) is 16.0 Å². The van der Waals surface area contributed by atoms with Crippen LogP contribution in [0.2, 0.25) is 0 Å². The summed E-state index contributed by atoms with van der Waals surface area (Å²) >= 11 is 0. The van der Waals surface area contributed by atoms with Crippen LogP contribution in [0.1, 0.15) is 64.0 Å². The summed E-state index contributed by atoms with van der Waals surface area (Å²) in [4.78, 5) is 66.8. The lowest BCUT2D eigenvalue weighted by Crippen LogP contribution is -2.57. The van der Waals surface area contributed by atoms with Crippen LogP contribution in [0.5, 0.6) is 0 Å². The number of nitrogens with zero attached hydrogens (tertiary/aromatic N) is 1. The Morgan fingerprint density at radius 1 is 0.739 bits per heavy atom. The molecular formula is C35H48N4O7. The molecule has 3 amide bonds. The van der Waals surface area contributed by atoms with Crippen LogP contribution in [0.25, 0.3) is 0 Å². The van der Waals surface area contributed by atoms with E-state index in [1.54, 1.807) is 12.1 Å². The number of esters is 2. The van der Waals surface area contributed by atoms with E-state index in [0.29, 0.717) is 12.8 Å². The number of hydrogen-bond donors (Lipinski definition) is 3. The average molecular weight is 637 g/mol. The zero-order chi connectivity index (χ0) is 33.3. The zero-order valence-electron chi connectivity index (χ0n) is 27.2. The SMILES string of the molecule is CC(=O)N[C@@H](CCc1ccccc1)C(=O)N[C@@H](CC(C)C)C(=O)N[C@@H](COC(=O)CN1CCCCC1)C(=O)OCc1ccccc1. The lowest BCUT2D eigenvalue weighted by atomic mass is 10.0. The smallest absolute Gasteiger partial charge is 0.332 e. The number of piperidine rings is 1.